The second-order valence-corrected chi connectivity index (χ2v) is 5.71. The van der Waals surface area contributed by atoms with Gasteiger partial charge in [-0.3, -0.25) is 4.79 Å². The van der Waals surface area contributed by atoms with Crippen molar-refractivity contribution in [2.75, 3.05) is 5.75 Å². The second kappa shape index (κ2) is 8.81. The number of ether oxygens (including phenoxy) is 1. The molecule has 2 atom stereocenters. The first-order chi connectivity index (χ1) is 7.86. The number of carbonyl (C=O) groups excluding carboxylic acids is 1. The van der Waals surface area contributed by atoms with Crippen molar-refractivity contribution < 1.29 is 14.6 Å². The molecule has 0 aliphatic heterocycles. The molecule has 102 valence electrons. The molecule has 2 unspecified atom stereocenters. The monoisotopic (exact) mass is 262 g/mol. The van der Waals surface area contributed by atoms with E-state index in [0.29, 0.717) is 24.5 Å². The number of aliphatic hydroxyl groups excluding tert-OH is 1. The van der Waals surface area contributed by atoms with E-state index in [1.54, 1.807) is 0 Å². The van der Waals surface area contributed by atoms with Crippen LogP contribution < -0.4 is 0 Å². The van der Waals surface area contributed by atoms with Crippen LogP contribution in [0.15, 0.2) is 0 Å². The van der Waals surface area contributed by atoms with E-state index in [2.05, 4.69) is 26.5 Å². The fourth-order valence-corrected chi connectivity index (χ4v) is 1.87. The lowest BCUT2D eigenvalue weighted by atomic mass is 9.96. The molecule has 0 aliphatic rings. The zero-order chi connectivity index (χ0) is 13.4. The summed E-state index contributed by atoms with van der Waals surface area (Å²) < 4.78 is 5.36. The Morgan fingerprint density at radius 3 is 2.24 bits per heavy atom. The first-order valence-electron chi connectivity index (χ1n) is 6.35. The smallest absolute Gasteiger partial charge is 0.306 e. The van der Waals surface area contributed by atoms with Crippen LogP contribution in [-0.2, 0) is 9.53 Å². The third kappa shape index (κ3) is 8.50. The fraction of sp³-hybridized carbons (Fsp3) is 0.923. The molecule has 0 rings (SSSR count). The Kier molecular flexibility index (Phi) is 8.70. The van der Waals surface area contributed by atoms with Crippen LogP contribution in [0.5, 0.6) is 0 Å². The van der Waals surface area contributed by atoms with Crippen LogP contribution in [0.3, 0.4) is 0 Å². The Labute approximate surface area is 110 Å². The number of hydrogen-bond acceptors (Lipinski definition) is 4. The van der Waals surface area contributed by atoms with Gasteiger partial charge in [0.05, 0.1) is 12.5 Å². The minimum atomic E-state index is -0.397. The number of esters is 1. The third-order valence-corrected chi connectivity index (χ3v) is 2.81. The predicted octanol–water partition coefficient (Wildman–Crippen LogP) is 2.67. The molecule has 0 aliphatic carbocycles. The van der Waals surface area contributed by atoms with Gasteiger partial charge in [-0.05, 0) is 18.3 Å². The molecular formula is C13H26O3S. The summed E-state index contributed by atoms with van der Waals surface area (Å²) >= 11 is 4.00. The van der Waals surface area contributed by atoms with Crippen LogP contribution in [0.1, 0.15) is 47.0 Å². The summed E-state index contributed by atoms with van der Waals surface area (Å²) in [6, 6.07) is 0. The SMILES string of the molecule is CC(C)CC(O)CC(OC(=O)CCS)C(C)C. The van der Waals surface area contributed by atoms with Gasteiger partial charge in [-0.25, -0.2) is 0 Å². The van der Waals surface area contributed by atoms with E-state index in [9.17, 15) is 9.90 Å². The highest BCUT2D eigenvalue weighted by molar-refractivity contribution is 7.80. The summed E-state index contributed by atoms with van der Waals surface area (Å²) in [6.45, 7) is 8.14. The van der Waals surface area contributed by atoms with Crippen LogP contribution in [0.4, 0.5) is 0 Å². The first-order valence-corrected chi connectivity index (χ1v) is 6.98. The summed E-state index contributed by atoms with van der Waals surface area (Å²) in [5.74, 6) is 0.945. The highest BCUT2D eigenvalue weighted by Gasteiger charge is 2.22. The van der Waals surface area contributed by atoms with Crippen molar-refractivity contribution >= 4 is 18.6 Å². The number of aliphatic hydroxyl groups is 1. The van der Waals surface area contributed by atoms with E-state index in [4.69, 9.17) is 4.74 Å². The molecule has 17 heavy (non-hydrogen) atoms. The van der Waals surface area contributed by atoms with Crippen molar-refractivity contribution in [1.82, 2.24) is 0 Å². The molecule has 1 N–H and O–H groups in total. The van der Waals surface area contributed by atoms with E-state index in [1.807, 2.05) is 13.8 Å². The summed E-state index contributed by atoms with van der Waals surface area (Å²) in [6.07, 6.45) is 0.996. The second-order valence-electron chi connectivity index (χ2n) is 5.27. The third-order valence-electron chi connectivity index (χ3n) is 2.59. The molecule has 0 saturated carbocycles. The van der Waals surface area contributed by atoms with Gasteiger partial charge in [-0.1, -0.05) is 27.7 Å². The van der Waals surface area contributed by atoms with Crippen molar-refractivity contribution in [3.63, 3.8) is 0 Å². The molecule has 0 aromatic carbocycles. The molecule has 0 spiro atoms. The molecule has 3 nitrogen and oxygen atoms in total. The lowest BCUT2D eigenvalue weighted by molar-refractivity contribution is -0.152. The zero-order valence-corrected chi connectivity index (χ0v) is 12.2. The standard InChI is InChI=1S/C13H26O3S/c1-9(2)7-11(14)8-12(10(3)4)16-13(15)5-6-17/h9-12,14,17H,5-8H2,1-4H3. The van der Waals surface area contributed by atoms with E-state index in [-0.39, 0.29) is 18.0 Å². The first kappa shape index (κ1) is 16.8. The van der Waals surface area contributed by atoms with Gasteiger partial charge in [0.15, 0.2) is 0 Å². The Bertz CT molecular complexity index is 217. The number of thiol groups is 1. The van der Waals surface area contributed by atoms with E-state index in [0.717, 1.165) is 6.42 Å². The van der Waals surface area contributed by atoms with Crippen molar-refractivity contribution in [2.45, 2.75) is 59.2 Å². The van der Waals surface area contributed by atoms with Gasteiger partial charge in [-0.2, -0.15) is 12.6 Å². The zero-order valence-electron chi connectivity index (χ0n) is 11.3. The van der Waals surface area contributed by atoms with Crippen LogP contribution >= 0.6 is 12.6 Å². The summed E-state index contributed by atoms with van der Waals surface area (Å²) in [4.78, 5) is 11.4. The molecule has 0 amide bonds. The van der Waals surface area contributed by atoms with Crippen molar-refractivity contribution in [3.8, 4) is 0 Å². The lowest BCUT2D eigenvalue weighted by Gasteiger charge is -2.24. The van der Waals surface area contributed by atoms with Crippen LogP contribution in [-0.4, -0.2) is 29.0 Å². The molecule has 0 fully saturated rings. The van der Waals surface area contributed by atoms with E-state index in [1.165, 1.54) is 0 Å². The van der Waals surface area contributed by atoms with Gasteiger partial charge < -0.3 is 9.84 Å². The van der Waals surface area contributed by atoms with E-state index < -0.39 is 6.10 Å². The Morgan fingerprint density at radius 2 is 1.82 bits per heavy atom. The summed E-state index contributed by atoms with van der Waals surface area (Å²) in [5.41, 5.74) is 0. The van der Waals surface area contributed by atoms with Gasteiger partial charge >= 0.3 is 5.97 Å². The maximum atomic E-state index is 11.4. The average molecular weight is 262 g/mol. The van der Waals surface area contributed by atoms with Crippen molar-refractivity contribution in [3.05, 3.63) is 0 Å². The van der Waals surface area contributed by atoms with Crippen LogP contribution in [0, 0.1) is 11.8 Å². The number of carbonyl (C=O) groups is 1. The van der Waals surface area contributed by atoms with Gasteiger partial charge in [-0.15, -0.1) is 0 Å². The topological polar surface area (TPSA) is 46.5 Å². The number of rotatable bonds is 8. The quantitative estimate of drug-likeness (QED) is 0.522. The highest BCUT2D eigenvalue weighted by atomic mass is 32.1. The highest BCUT2D eigenvalue weighted by Crippen LogP contribution is 2.18. The Morgan fingerprint density at radius 1 is 1.24 bits per heavy atom. The van der Waals surface area contributed by atoms with Gasteiger partial charge in [0.25, 0.3) is 0 Å². The summed E-state index contributed by atoms with van der Waals surface area (Å²) in [7, 11) is 0. The van der Waals surface area contributed by atoms with Crippen LogP contribution in [0.2, 0.25) is 0 Å². The molecule has 0 bridgehead atoms. The molecule has 0 aromatic rings. The molecule has 4 heteroatoms. The van der Waals surface area contributed by atoms with E-state index >= 15 is 0 Å². The average Bonchev–Trinajstić information content (AvgIpc) is 2.15. The van der Waals surface area contributed by atoms with Crippen molar-refractivity contribution in [1.29, 1.82) is 0 Å². The van der Waals surface area contributed by atoms with Crippen molar-refractivity contribution in [2.24, 2.45) is 11.8 Å². The molecule has 0 heterocycles. The molecule has 0 aromatic heterocycles. The van der Waals surface area contributed by atoms with Gasteiger partial charge in [0.1, 0.15) is 6.10 Å². The fourth-order valence-electron chi connectivity index (χ4n) is 1.68. The maximum Gasteiger partial charge on any atom is 0.306 e. The molecular weight excluding hydrogens is 236 g/mol. The molecule has 0 radical (unpaired) electrons. The molecule has 0 saturated heterocycles. The minimum absolute atomic E-state index is 0.198. The lowest BCUT2D eigenvalue weighted by Crippen LogP contribution is -2.29. The predicted molar refractivity (Wildman–Crippen MR) is 73.3 cm³/mol. The van der Waals surface area contributed by atoms with Gasteiger partial charge in [0, 0.05) is 12.2 Å². The Balaban J connectivity index is 4.19. The maximum absolute atomic E-state index is 11.4. The number of hydrogen-bond donors (Lipinski definition) is 2. The largest absolute Gasteiger partial charge is 0.462 e. The van der Waals surface area contributed by atoms with Crippen LogP contribution in [0.25, 0.3) is 0 Å². The van der Waals surface area contributed by atoms with Gasteiger partial charge in [0.2, 0.25) is 0 Å². The Hall–Kier alpha value is -0.220. The minimum Gasteiger partial charge on any atom is -0.462 e. The normalized spacial score (nSPS) is 15.1. The summed E-state index contributed by atoms with van der Waals surface area (Å²) in [5, 5.41) is 9.88.